The van der Waals surface area contributed by atoms with E-state index in [-0.39, 0.29) is 18.3 Å². The van der Waals surface area contributed by atoms with Crippen molar-refractivity contribution in [3.63, 3.8) is 0 Å². The summed E-state index contributed by atoms with van der Waals surface area (Å²) in [5.41, 5.74) is 0.957. The predicted molar refractivity (Wildman–Crippen MR) is 115 cm³/mol. The molecule has 8 nitrogen and oxygen atoms in total. The molecule has 1 aliphatic heterocycles. The van der Waals surface area contributed by atoms with Gasteiger partial charge in [0.2, 0.25) is 5.91 Å². The Morgan fingerprint density at radius 3 is 2.63 bits per heavy atom. The maximum Gasteiger partial charge on any atom is 0.290 e. The minimum atomic E-state index is -0.583. The zero-order valence-electron chi connectivity index (χ0n) is 16.6. The van der Waals surface area contributed by atoms with Crippen molar-refractivity contribution in [2.75, 3.05) is 13.1 Å². The van der Waals surface area contributed by atoms with Gasteiger partial charge in [-0.15, -0.1) is 11.3 Å². The molecule has 30 heavy (non-hydrogen) atoms. The number of carbonyl (C=O) groups excluding carboxylic acids is 1. The number of amides is 1. The van der Waals surface area contributed by atoms with E-state index in [2.05, 4.69) is 9.97 Å². The molecule has 0 aliphatic carbocycles. The molecule has 0 saturated carbocycles. The molecular weight excluding hydrogens is 404 g/mol. The number of hydrogen-bond acceptors (Lipinski definition) is 6. The van der Waals surface area contributed by atoms with Gasteiger partial charge in [0.25, 0.3) is 6.47 Å². The number of nitrogens with zero attached hydrogens (tertiary/aromatic N) is 4. The minimum Gasteiger partial charge on any atom is -0.483 e. The second-order valence-corrected chi connectivity index (χ2v) is 8.02. The van der Waals surface area contributed by atoms with Gasteiger partial charge >= 0.3 is 0 Å². The Kier molecular flexibility index (Phi) is 7.31. The molecular formula is C21H24N4O4S. The van der Waals surface area contributed by atoms with Crippen molar-refractivity contribution in [3.8, 4) is 0 Å². The molecule has 1 aromatic carbocycles. The Morgan fingerprint density at radius 1 is 1.30 bits per heavy atom. The van der Waals surface area contributed by atoms with Gasteiger partial charge in [-0.3, -0.25) is 9.59 Å². The van der Waals surface area contributed by atoms with Crippen LogP contribution < -0.4 is 0 Å². The fraction of sp³-hybridized carbons (Fsp3) is 0.333. The van der Waals surface area contributed by atoms with Gasteiger partial charge in [0.05, 0.1) is 10.2 Å². The summed E-state index contributed by atoms with van der Waals surface area (Å²) < 4.78 is 2.97. The highest BCUT2D eigenvalue weighted by Crippen LogP contribution is 2.30. The van der Waals surface area contributed by atoms with Crippen LogP contribution in [0.2, 0.25) is 0 Å². The van der Waals surface area contributed by atoms with E-state index in [0.29, 0.717) is 18.9 Å². The lowest BCUT2D eigenvalue weighted by Gasteiger charge is -2.33. The summed E-state index contributed by atoms with van der Waals surface area (Å²) in [5.74, 6) is 0.818. The third-order valence-electron chi connectivity index (χ3n) is 5.10. The fourth-order valence-electron chi connectivity index (χ4n) is 3.52. The number of carbonyl (C=O) groups is 2. The zero-order chi connectivity index (χ0) is 21.5. The van der Waals surface area contributed by atoms with E-state index in [1.807, 2.05) is 47.0 Å². The van der Waals surface area contributed by atoms with Crippen molar-refractivity contribution in [1.82, 2.24) is 19.4 Å². The molecule has 3 aromatic rings. The van der Waals surface area contributed by atoms with Crippen LogP contribution in [0.15, 0.2) is 42.7 Å². The van der Waals surface area contributed by atoms with Crippen LogP contribution >= 0.6 is 11.3 Å². The van der Waals surface area contributed by atoms with Crippen molar-refractivity contribution in [2.45, 2.75) is 18.9 Å². The molecule has 158 valence electrons. The number of piperidine rings is 1. The average Bonchev–Trinajstić information content (AvgIpc) is 3.37. The SMILES string of the molecule is Cn1ccnc1C(O)C1CCN(C(=O)/C=C/c2nc3ccccc3s2)CC1.O=CO. The van der Waals surface area contributed by atoms with E-state index < -0.39 is 6.10 Å². The molecule has 1 atom stereocenters. The molecule has 4 rings (SSSR count). The molecule has 9 heteroatoms. The topological polar surface area (TPSA) is 109 Å². The Hall–Kier alpha value is -3.04. The quantitative estimate of drug-likeness (QED) is 0.489. The first-order valence-corrected chi connectivity index (χ1v) is 10.4. The van der Waals surface area contributed by atoms with Crippen LogP contribution in [0, 0.1) is 5.92 Å². The number of aromatic nitrogens is 3. The molecule has 1 unspecified atom stereocenters. The predicted octanol–water partition coefficient (Wildman–Crippen LogP) is 2.72. The number of rotatable bonds is 4. The molecule has 0 bridgehead atoms. The molecule has 1 fully saturated rings. The van der Waals surface area contributed by atoms with Gasteiger partial charge in [0.1, 0.15) is 16.9 Å². The van der Waals surface area contributed by atoms with E-state index in [0.717, 1.165) is 28.1 Å². The molecule has 3 heterocycles. The maximum absolute atomic E-state index is 12.5. The number of thiazole rings is 1. The van der Waals surface area contributed by atoms with Crippen molar-refractivity contribution < 1.29 is 19.8 Å². The fourth-order valence-corrected chi connectivity index (χ4v) is 4.39. The molecule has 0 radical (unpaired) electrons. The largest absolute Gasteiger partial charge is 0.483 e. The highest BCUT2D eigenvalue weighted by molar-refractivity contribution is 7.19. The minimum absolute atomic E-state index is 0.000752. The number of benzene rings is 1. The van der Waals surface area contributed by atoms with Crippen LogP contribution in [0.5, 0.6) is 0 Å². The average molecular weight is 429 g/mol. The van der Waals surface area contributed by atoms with E-state index in [9.17, 15) is 9.90 Å². The van der Waals surface area contributed by atoms with E-state index in [1.165, 1.54) is 0 Å². The number of aliphatic hydroxyl groups excluding tert-OH is 1. The molecule has 1 saturated heterocycles. The number of aryl methyl sites for hydroxylation is 1. The molecule has 0 spiro atoms. The first-order chi connectivity index (χ1) is 14.5. The number of hydrogen-bond donors (Lipinski definition) is 2. The highest BCUT2D eigenvalue weighted by atomic mass is 32.1. The molecule has 1 amide bonds. The summed E-state index contributed by atoms with van der Waals surface area (Å²) in [6.45, 7) is 1.05. The Balaban J connectivity index is 0.000000806. The van der Waals surface area contributed by atoms with E-state index >= 15 is 0 Å². The Morgan fingerprint density at radius 2 is 2.00 bits per heavy atom. The number of likely N-dealkylation sites (tertiary alicyclic amines) is 1. The van der Waals surface area contributed by atoms with Crippen molar-refractivity contribution >= 4 is 40.0 Å². The van der Waals surface area contributed by atoms with Crippen molar-refractivity contribution in [2.24, 2.45) is 13.0 Å². The van der Waals surface area contributed by atoms with Crippen LogP contribution in [-0.4, -0.2) is 55.1 Å². The maximum atomic E-state index is 12.5. The lowest BCUT2D eigenvalue weighted by Crippen LogP contribution is -2.39. The third-order valence-corrected chi connectivity index (χ3v) is 6.10. The number of aliphatic hydroxyl groups is 1. The van der Waals surface area contributed by atoms with Gasteiger partial charge in [0.15, 0.2) is 0 Å². The lowest BCUT2D eigenvalue weighted by molar-refractivity contribution is -0.128. The van der Waals surface area contributed by atoms with Gasteiger partial charge in [-0.1, -0.05) is 12.1 Å². The summed E-state index contributed by atoms with van der Waals surface area (Å²) in [6, 6.07) is 7.96. The molecule has 2 aromatic heterocycles. The van der Waals surface area contributed by atoms with Crippen molar-refractivity contribution in [1.29, 1.82) is 0 Å². The number of carboxylic acid groups (broad SMARTS) is 1. The van der Waals surface area contributed by atoms with Crippen LogP contribution in [0.4, 0.5) is 0 Å². The smallest absolute Gasteiger partial charge is 0.290 e. The molecule has 1 aliphatic rings. The summed E-state index contributed by atoms with van der Waals surface area (Å²) in [7, 11) is 1.89. The van der Waals surface area contributed by atoms with Crippen molar-refractivity contribution in [3.05, 3.63) is 53.6 Å². The van der Waals surface area contributed by atoms with Gasteiger partial charge in [0, 0.05) is 38.6 Å². The van der Waals surface area contributed by atoms with Crippen LogP contribution in [0.3, 0.4) is 0 Å². The van der Waals surface area contributed by atoms with Gasteiger partial charge in [-0.25, -0.2) is 9.97 Å². The van der Waals surface area contributed by atoms with Gasteiger partial charge < -0.3 is 19.7 Å². The van der Waals surface area contributed by atoms with E-state index in [4.69, 9.17) is 9.90 Å². The summed E-state index contributed by atoms with van der Waals surface area (Å²) >= 11 is 1.58. The number of fused-ring (bicyclic) bond motifs is 1. The second kappa shape index (κ2) is 10.1. The first kappa shape index (κ1) is 21.7. The monoisotopic (exact) mass is 428 g/mol. The summed E-state index contributed by atoms with van der Waals surface area (Å²) in [6.07, 6.45) is 7.90. The van der Waals surface area contributed by atoms with Gasteiger partial charge in [-0.05, 0) is 37.0 Å². The third kappa shape index (κ3) is 5.11. The summed E-state index contributed by atoms with van der Waals surface area (Å²) in [5, 5.41) is 18.3. The Bertz CT molecular complexity index is 988. The zero-order valence-corrected chi connectivity index (χ0v) is 17.4. The highest BCUT2D eigenvalue weighted by Gasteiger charge is 2.29. The second-order valence-electron chi connectivity index (χ2n) is 6.96. The molecule has 2 N–H and O–H groups in total. The first-order valence-electron chi connectivity index (χ1n) is 9.59. The number of imidazole rings is 1. The Labute approximate surface area is 178 Å². The van der Waals surface area contributed by atoms with Crippen LogP contribution in [-0.2, 0) is 16.6 Å². The standard InChI is InChI=1S/C20H22N4O2S.CH2O2/c1-23-13-10-21-20(23)19(26)14-8-11-24(12-9-14)18(25)7-6-17-22-15-4-2-3-5-16(15)27-17;2-1-3/h2-7,10,13-14,19,26H,8-9,11-12H2,1H3;1H,(H,2,3)/b7-6+;. The van der Waals surface area contributed by atoms with Crippen LogP contribution in [0.1, 0.15) is 29.8 Å². The number of para-hydroxylation sites is 1. The van der Waals surface area contributed by atoms with Gasteiger partial charge in [-0.2, -0.15) is 0 Å². The lowest BCUT2D eigenvalue weighted by atomic mass is 9.90. The van der Waals surface area contributed by atoms with E-state index in [1.54, 1.807) is 29.7 Å². The normalized spacial score (nSPS) is 15.7. The van der Waals surface area contributed by atoms with Crippen LogP contribution in [0.25, 0.3) is 16.3 Å². The summed E-state index contributed by atoms with van der Waals surface area (Å²) in [4.78, 5) is 31.4.